The van der Waals surface area contributed by atoms with Crippen LogP contribution in [0.1, 0.15) is 20.8 Å². The molecule has 2 aromatic carbocycles. The van der Waals surface area contributed by atoms with Crippen LogP contribution < -0.4 is 10.2 Å². The van der Waals surface area contributed by atoms with Gasteiger partial charge in [-0.2, -0.15) is 0 Å². The Morgan fingerprint density at radius 1 is 1.10 bits per heavy atom. The van der Waals surface area contributed by atoms with Crippen LogP contribution in [0.15, 0.2) is 42.5 Å². The van der Waals surface area contributed by atoms with E-state index < -0.39 is 0 Å². The number of rotatable bonds is 7. The van der Waals surface area contributed by atoms with Crippen molar-refractivity contribution in [3.8, 4) is 0 Å². The minimum absolute atomic E-state index is 0.0870. The third-order valence-electron chi connectivity index (χ3n) is 3.72. The molecule has 1 atom stereocenters. The summed E-state index contributed by atoms with van der Waals surface area (Å²) in [5, 5.41) is 15.5. The topological polar surface area (TPSA) is 35.5 Å². The van der Waals surface area contributed by atoms with Crippen LogP contribution >= 0.6 is 0 Å². The number of hydrogen-bond donors (Lipinski definition) is 2. The van der Waals surface area contributed by atoms with Crippen LogP contribution in [0.4, 0.5) is 5.69 Å². The molecule has 0 saturated carbocycles. The number of benzene rings is 2. The van der Waals surface area contributed by atoms with Gasteiger partial charge in [0.05, 0.1) is 6.61 Å². The molecule has 0 radical (unpaired) electrons. The zero-order valence-electron chi connectivity index (χ0n) is 13.2. The molecule has 2 aromatic rings. The van der Waals surface area contributed by atoms with E-state index in [-0.39, 0.29) is 12.6 Å². The first-order chi connectivity index (χ1) is 10.2. The molecule has 2 N–H and O–H groups in total. The van der Waals surface area contributed by atoms with Gasteiger partial charge in [-0.15, -0.1) is 0 Å². The van der Waals surface area contributed by atoms with Gasteiger partial charge in [0.15, 0.2) is 0 Å². The van der Waals surface area contributed by atoms with E-state index in [9.17, 15) is 5.11 Å². The Labute approximate surface area is 127 Å². The average molecular weight is 286 g/mol. The summed E-state index contributed by atoms with van der Waals surface area (Å²) in [5.74, 6) is 0. The zero-order valence-corrected chi connectivity index (χ0v) is 13.2. The molecule has 3 nitrogen and oxygen atoms in total. The molecule has 0 fully saturated rings. The van der Waals surface area contributed by atoms with Gasteiger partial charge in [0.25, 0.3) is 0 Å². The van der Waals surface area contributed by atoms with Gasteiger partial charge in [0.1, 0.15) is 0 Å². The number of fused-ring (bicyclic) bond motifs is 1. The predicted molar refractivity (Wildman–Crippen MR) is 91.0 cm³/mol. The maximum Gasteiger partial charge on any atom is 0.0602 e. The second kappa shape index (κ2) is 7.43. The van der Waals surface area contributed by atoms with Gasteiger partial charge in [-0.05, 0) is 18.4 Å². The highest BCUT2D eigenvalue weighted by Crippen LogP contribution is 2.26. The standard InChI is InChI=1S/C18H26N2O/c1-4-20(12-16(13-21)19-14(2)3)18-11-7-9-15-8-5-6-10-17(15)18/h5-11,14,16,19,21H,4,12-13H2,1-3H3. The lowest BCUT2D eigenvalue weighted by molar-refractivity contribution is 0.237. The Hall–Kier alpha value is -1.58. The van der Waals surface area contributed by atoms with Crippen LogP contribution in [0.5, 0.6) is 0 Å². The van der Waals surface area contributed by atoms with Crippen LogP contribution in [0.25, 0.3) is 10.8 Å². The quantitative estimate of drug-likeness (QED) is 0.821. The molecular weight excluding hydrogens is 260 g/mol. The third-order valence-corrected chi connectivity index (χ3v) is 3.72. The van der Waals surface area contributed by atoms with Crippen molar-refractivity contribution in [1.29, 1.82) is 0 Å². The minimum atomic E-state index is 0.0870. The molecule has 0 spiro atoms. The Morgan fingerprint density at radius 2 is 1.81 bits per heavy atom. The second-order valence-electron chi connectivity index (χ2n) is 5.74. The van der Waals surface area contributed by atoms with Crippen LogP contribution in [-0.4, -0.2) is 36.9 Å². The fourth-order valence-electron chi connectivity index (χ4n) is 2.78. The molecule has 0 aliphatic rings. The second-order valence-corrected chi connectivity index (χ2v) is 5.74. The summed E-state index contributed by atoms with van der Waals surface area (Å²) in [6, 6.07) is 15.3. The van der Waals surface area contributed by atoms with E-state index in [1.54, 1.807) is 0 Å². The lowest BCUT2D eigenvalue weighted by Crippen LogP contribution is -2.46. The van der Waals surface area contributed by atoms with E-state index in [4.69, 9.17) is 0 Å². The minimum Gasteiger partial charge on any atom is -0.395 e. The van der Waals surface area contributed by atoms with Crippen molar-refractivity contribution >= 4 is 16.5 Å². The lowest BCUT2D eigenvalue weighted by Gasteiger charge is -2.30. The van der Waals surface area contributed by atoms with E-state index in [0.717, 1.165) is 13.1 Å². The summed E-state index contributed by atoms with van der Waals surface area (Å²) in [7, 11) is 0. The third kappa shape index (κ3) is 3.96. The summed E-state index contributed by atoms with van der Waals surface area (Å²) >= 11 is 0. The molecule has 0 heterocycles. The Balaban J connectivity index is 2.27. The SMILES string of the molecule is CCN(CC(CO)NC(C)C)c1cccc2ccccc12. The molecule has 3 heteroatoms. The van der Waals surface area contributed by atoms with Crippen LogP contribution in [0, 0.1) is 0 Å². The number of anilines is 1. The summed E-state index contributed by atoms with van der Waals surface area (Å²) in [5.41, 5.74) is 1.24. The highest BCUT2D eigenvalue weighted by atomic mass is 16.3. The van der Waals surface area contributed by atoms with Gasteiger partial charge in [0, 0.05) is 36.2 Å². The normalized spacial score (nSPS) is 12.8. The van der Waals surface area contributed by atoms with Crippen molar-refractivity contribution in [3.63, 3.8) is 0 Å². The van der Waals surface area contributed by atoms with Crippen molar-refractivity contribution in [1.82, 2.24) is 5.32 Å². The summed E-state index contributed by atoms with van der Waals surface area (Å²) in [4.78, 5) is 2.33. The lowest BCUT2D eigenvalue weighted by atomic mass is 10.1. The van der Waals surface area contributed by atoms with Crippen LogP contribution in [0.2, 0.25) is 0 Å². The Kier molecular flexibility index (Phi) is 5.59. The van der Waals surface area contributed by atoms with Crippen molar-refractivity contribution in [3.05, 3.63) is 42.5 Å². The first-order valence-electron chi connectivity index (χ1n) is 7.75. The largest absolute Gasteiger partial charge is 0.395 e. The van der Waals surface area contributed by atoms with Crippen LogP contribution in [0.3, 0.4) is 0 Å². The van der Waals surface area contributed by atoms with E-state index in [1.165, 1.54) is 16.5 Å². The molecule has 114 valence electrons. The van der Waals surface area contributed by atoms with Gasteiger partial charge in [-0.3, -0.25) is 0 Å². The molecule has 0 amide bonds. The van der Waals surface area contributed by atoms with Gasteiger partial charge in [0.2, 0.25) is 0 Å². The fraction of sp³-hybridized carbons (Fsp3) is 0.444. The highest BCUT2D eigenvalue weighted by Gasteiger charge is 2.15. The molecule has 0 bridgehead atoms. The smallest absolute Gasteiger partial charge is 0.0602 e. The zero-order chi connectivity index (χ0) is 15.2. The van der Waals surface area contributed by atoms with Gasteiger partial charge in [-0.25, -0.2) is 0 Å². The molecule has 21 heavy (non-hydrogen) atoms. The van der Waals surface area contributed by atoms with E-state index in [0.29, 0.717) is 6.04 Å². The first kappa shape index (κ1) is 15.8. The molecule has 2 rings (SSSR count). The van der Waals surface area contributed by atoms with Crippen molar-refractivity contribution in [2.24, 2.45) is 0 Å². The number of aliphatic hydroxyl groups is 1. The number of nitrogens with one attached hydrogen (secondary N) is 1. The van der Waals surface area contributed by atoms with Crippen molar-refractivity contribution in [2.45, 2.75) is 32.9 Å². The maximum atomic E-state index is 9.59. The Bertz CT molecular complexity index is 563. The summed E-state index contributed by atoms with van der Waals surface area (Å²) in [6.45, 7) is 8.25. The number of likely N-dealkylation sites (N-methyl/N-ethyl adjacent to an activating group) is 1. The summed E-state index contributed by atoms with van der Waals surface area (Å²) < 4.78 is 0. The highest BCUT2D eigenvalue weighted by molar-refractivity contribution is 5.94. The molecule has 0 aromatic heterocycles. The molecule has 0 saturated heterocycles. The van der Waals surface area contributed by atoms with Gasteiger partial charge >= 0.3 is 0 Å². The molecule has 0 aliphatic carbocycles. The number of aliphatic hydroxyl groups excluding tert-OH is 1. The van der Waals surface area contributed by atoms with Crippen molar-refractivity contribution in [2.75, 3.05) is 24.6 Å². The number of hydrogen-bond acceptors (Lipinski definition) is 3. The average Bonchev–Trinajstić information content (AvgIpc) is 2.50. The predicted octanol–water partition coefficient (Wildman–Crippen LogP) is 3.03. The number of nitrogens with zero attached hydrogens (tertiary/aromatic N) is 1. The monoisotopic (exact) mass is 286 g/mol. The van der Waals surface area contributed by atoms with Crippen molar-refractivity contribution < 1.29 is 5.11 Å². The van der Waals surface area contributed by atoms with Crippen LogP contribution in [-0.2, 0) is 0 Å². The van der Waals surface area contributed by atoms with Gasteiger partial charge < -0.3 is 15.3 Å². The van der Waals surface area contributed by atoms with E-state index in [2.05, 4.69) is 73.5 Å². The molecule has 0 aliphatic heterocycles. The maximum absolute atomic E-state index is 9.59. The first-order valence-corrected chi connectivity index (χ1v) is 7.75. The summed E-state index contributed by atoms with van der Waals surface area (Å²) in [6.07, 6.45) is 0. The fourth-order valence-corrected chi connectivity index (χ4v) is 2.78. The van der Waals surface area contributed by atoms with E-state index >= 15 is 0 Å². The van der Waals surface area contributed by atoms with Gasteiger partial charge in [-0.1, -0.05) is 50.2 Å². The Morgan fingerprint density at radius 3 is 2.48 bits per heavy atom. The molecular formula is C18H26N2O. The van der Waals surface area contributed by atoms with E-state index in [1.807, 2.05) is 0 Å². The molecule has 1 unspecified atom stereocenters.